The Morgan fingerprint density at radius 2 is 1.96 bits per heavy atom. The van der Waals surface area contributed by atoms with Gasteiger partial charge in [-0.2, -0.15) is 0 Å². The van der Waals surface area contributed by atoms with Crippen LogP contribution in [0.25, 0.3) is 22.1 Å². The highest BCUT2D eigenvalue weighted by Gasteiger charge is 2.16. The summed E-state index contributed by atoms with van der Waals surface area (Å²) < 4.78 is 10.5. The van der Waals surface area contributed by atoms with Crippen LogP contribution >= 0.6 is 11.6 Å². The van der Waals surface area contributed by atoms with Crippen molar-refractivity contribution >= 4 is 28.5 Å². The minimum Gasteiger partial charge on any atom is -0.507 e. The zero-order valence-corrected chi connectivity index (χ0v) is 12.9. The normalized spacial score (nSPS) is 10.7. The molecule has 0 atom stereocenters. The Kier molecular flexibility index (Phi) is 4.14. The summed E-state index contributed by atoms with van der Waals surface area (Å²) in [4.78, 5) is 23.2. The number of ether oxygens (including phenoxy) is 1. The van der Waals surface area contributed by atoms with Crippen molar-refractivity contribution in [3.8, 4) is 22.6 Å². The van der Waals surface area contributed by atoms with E-state index in [-0.39, 0.29) is 33.1 Å². The monoisotopic (exact) mass is 346 g/mol. The van der Waals surface area contributed by atoms with E-state index >= 15 is 0 Å². The first-order valence-corrected chi connectivity index (χ1v) is 7.23. The van der Waals surface area contributed by atoms with Crippen LogP contribution in [0.15, 0.2) is 51.9 Å². The van der Waals surface area contributed by atoms with Gasteiger partial charge in [-0.05, 0) is 12.1 Å². The first kappa shape index (κ1) is 15.9. The van der Waals surface area contributed by atoms with Gasteiger partial charge in [0.15, 0.2) is 6.61 Å². The summed E-state index contributed by atoms with van der Waals surface area (Å²) in [6.07, 6.45) is 1.22. The van der Waals surface area contributed by atoms with Crippen molar-refractivity contribution in [3.63, 3.8) is 0 Å². The molecule has 0 aliphatic heterocycles. The number of carbonyl (C=O) groups is 1. The fourth-order valence-corrected chi connectivity index (χ4v) is 2.58. The highest BCUT2D eigenvalue weighted by molar-refractivity contribution is 6.35. The van der Waals surface area contributed by atoms with Crippen molar-refractivity contribution in [2.75, 3.05) is 6.61 Å². The SMILES string of the molecule is O=C(O)COc1cc(Cl)c2c(=O)c(-c3ccccc3O)coc2c1. The van der Waals surface area contributed by atoms with Crippen molar-refractivity contribution < 1.29 is 24.2 Å². The van der Waals surface area contributed by atoms with E-state index in [9.17, 15) is 14.7 Å². The molecule has 2 N–H and O–H groups in total. The summed E-state index contributed by atoms with van der Waals surface area (Å²) in [5.74, 6) is -1.02. The molecule has 6 nitrogen and oxygen atoms in total. The van der Waals surface area contributed by atoms with Crippen LogP contribution in [0.3, 0.4) is 0 Å². The number of phenols is 1. The number of benzene rings is 2. The number of hydrogen-bond acceptors (Lipinski definition) is 5. The zero-order chi connectivity index (χ0) is 17.3. The molecule has 0 bridgehead atoms. The lowest BCUT2D eigenvalue weighted by Gasteiger charge is -2.08. The number of aliphatic carboxylic acids is 1. The maximum Gasteiger partial charge on any atom is 0.341 e. The lowest BCUT2D eigenvalue weighted by atomic mass is 10.0. The molecule has 0 unspecified atom stereocenters. The van der Waals surface area contributed by atoms with Crippen molar-refractivity contribution in [2.45, 2.75) is 0 Å². The largest absolute Gasteiger partial charge is 0.507 e. The molecule has 24 heavy (non-hydrogen) atoms. The highest BCUT2D eigenvalue weighted by atomic mass is 35.5. The number of para-hydroxylation sites is 1. The van der Waals surface area contributed by atoms with Crippen LogP contribution in [0.4, 0.5) is 0 Å². The van der Waals surface area contributed by atoms with Gasteiger partial charge in [0.2, 0.25) is 5.43 Å². The fraction of sp³-hybridized carbons (Fsp3) is 0.0588. The number of aromatic hydroxyl groups is 1. The third-order valence-electron chi connectivity index (χ3n) is 3.36. The number of fused-ring (bicyclic) bond motifs is 1. The predicted octanol–water partition coefficient (Wildman–Crippen LogP) is 3.28. The van der Waals surface area contributed by atoms with E-state index in [1.165, 1.54) is 24.5 Å². The van der Waals surface area contributed by atoms with Gasteiger partial charge in [0.25, 0.3) is 0 Å². The molecular formula is C17H11ClO6. The van der Waals surface area contributed by atoms with Crippen LogP contribution < -0.4 is 10.2 Å². The topological polar surface area (TPSA) is 97.0 Å². The summed E-state index contributed by atoms with van der Waals surface area (Å²) in [5, 5.41) is 18.7. The number of hydrogen-bond donors (Lipinski definition) is 2. The lowest BCUT2D eigenvalue weighted by molar-refractivity contribution is -0.139. The molecule has 3 aromatic rings. The van der Waals surface area contributed by atoms with Crippen LogP contribution in [0.2, 0.25) is 5.02 Å². The smallest absolute Gasteiger partial charge is 0.341 e. The zero-order valence-electron chi connectivity index (χ0n) is 12.2. The molecule has 0 saturated heterocycles. The molecular weight excluding hydrogens is 336 g/mol. The first-order chi connectivity index (χ1) is 11.5. The van der Waals surface area contributed by atoms with Crippen LogP contribution in [-0.4, -0.2) is 22.8 Å². The van der Waals surface area contributed by atoms with Gasteiger partial charge in [0.1, 0.15) is 23.3 Å². The Labute approximate surface area is 140 Å². The summed E-state index contributed by atoms with van der Waals surface area (Å²) in [7, 11) is 0. The van der Waals surface area contributed by atoms with Crippen LogP contribution in [0, 0.1) is 0 Å². The van der Waals surface area contributed by atoms with Crippen molar-refractivity contribution in [1.82, 2.24) is 0 Å². The molecule has 3 rings (SSSR count). The Hall–Kier alpha value is -2.99. The molecule has 0 amide bonds. The Morgan fingerprint density at radius 1 is 1.21 bits per heavy atom. The van der Waals surface area contributed by atoms with Gasteiger partial charge in [0, 0.05) is 11.6 Å². The van der Waals surface area contributed by atoms with E-state index in [1.807, 2.05) is 0 Å². The summed E-state index contributed by atoms with van der Waals surface area (Å²) in [6, 6.07) is 9.11. The molecule has 1 heterocycles. The van der Waals surface area contributed by atoms with Gasteiger partial charge < -0.3 is 19.4 Å². The lowest BCUT2D eigenvalue weighted by Crippen LogP contribution is -2.10. The second-order valence-electron chi connectivity index (χ2n) is 4.96. The van der Waals surface area contributed by atoms with Crippen LogP contribution in [0.5, 0.6) is 11.5 Å². The third-order valence-corrected chi connectivity index (χ3v) is 3.66. The standard InChI is InChI=1S/C17H11ClO6/c18-12-5-9(23-8-15(20)21)6-14-16(12)17(22)11(7-24-14)10-3-1-2-4-13(10)19/h1-7,19H,8H2,(H,20,21). The number of phenolic OH excluding ortho intramolecular Hbond substituents is 1. The molecule has 0 radical (unpaired) electrons. The van der Waals surface area contributed by atoms with E-state index in [4.69, 9.17) is 25.9 Å². The predicted molar refractivity (Wildman–Crippen MR) is 87.7 cm³/mol. The molecule has 1 aromatic heterocycles. The van der Waals surface area contributed by atoms with E-state index in [2.05, 4.69) is 0 Å². The molecule has 0 saturated carbocycles. The van der Waals surface area contributed by atoms with Crippen molar-refractivity contribution in [3.05, 3.63) is 57.9 Å². The molecule has 122 valence electrons. The second-order valence-corrected chi connectivity index (χ2v) is 5.36. The molecule has 2 aromatic carbocycles. The second kappa shape index (κ2) is 6.25. The minimum absolute atomic E-state index is 0.0540. The van der Waals surface area contributed by atoms with Crippen molar-refractivity contribution in [2.24, 2.45) is 0 Å². The average Bonchev–Trinajstić information content (AvgIpc) is 2.54. The minimum atomic E-state index is -1.14. The van der Waals surface area contributed by atoms with E-state index < -0.39 is 18.0 Å². The number of carboxylic acids is 1. The van der Waals surface area contributed by atoms with Gasteiger partial charge >= 0.3 is 5.97 Å². The van der Waals surface area contributed by atoms with Gasteiger partial charge in [-0.15, -0.1) is 0 Å². The highest BCUT2D eigenvalue weighted by Crippen LogP contribution is 2.31. The van der Waals surface area contributed by atoms with E-state index in [0.29, 0.717) is 5.56 Å². The maximum absolute atomic E-state index is 12.7. The van der Waals surface area contributed by atoms with Gasteiger partial charge in [-0.3, -0.25) is 4.79 Å². The summed E-state index contributed by atoms with van der Waals surface area (Å²) in [6.45, 7) is -0.540. The fourth-order valence-electron chi connectivity index (χ4n) is 2.30. The quantitative estimate of drug-likeness (QED) is 0.752. The molecule has 0 aliphatic rings. The van der Waals surface area contributed by atoms with E-state index in [1.54, 1.807) is 18.2 Å². The van der Waals surface area contributed by atoms with Gasteiger partial charge in [-0.25, -0.2) is 4.79 Å². The van der Waals surface area contributed by atoms with Crippen molar-refractivity contribution in [1.29, 1.82) is 0 Å². The Bertz CT molecular complexity index is 992. The number of rotatable bonds is 4. The molecule has 0 aliphatic carbocycles. The third kappa shape index (κ3) is 2.91. The molecule has 0 spiro atoms. The maximum atomic E-state index is 12.7. The molecule has 0 fully saturated rings. The number of carboxylic acid groups (broad SMARTS) is 1. The van der Waals surface area contributed by atoms with Crippen LogP contribution in [0.1, 0.15) is 0 Å². The first-order valence-electron chi connectivity index (χ1n) is 6.85. The Balaban J connectivity index is 2.15. The summed E-state index contributed by atoms with van der Waals surface area (Å²) >= 11 is 6.13. The summed E-state index contributed by atoms with van der Waals surface area (Å²) in [5.41, 5.74) is 0.247. The molecule has 7 heteroatoms. The van der Waals surface area contributed by atoms with Crippen LogP contribution in [-0.2, 0) is 4.79 Å². The number of halogens is 1. The van der Waals surface area contributed by atoms with E-state index in [0.717, 1.165) is 0 Å². The average molecular weight is 347 g/mol. The Morgan fingerprint density at radius 3 is 2.67 bits per heavy atom. The van der Waals surface area contributed by atoms with Gasteiger partial charge in [-0.1, -0.05) is 29.8 Å². The van der Waals surface area contributed by atoms with Gasteiger partial charge in [0.05, 0.1) is 16.0 Å².